The first kappa shape index (κ1) is 66.0. The fourth-order valence-electron chi connectivity index (χ4n) is 7.52. The zero-order valence-corrected chi connectivity index (χ0v) is 49.3. The summed E-state index contributed by atoms with van der Waals surface area (Å²) in [5.41, 5.74) is 8.72. The van der Waals surface area contributed by atoms with Crippen molar-refractivity contribution in [2.24, 2.45) is 0 Å². The molecule has 12 heterocycles. The van der Waals surface area contributed by atoms with Gasteiger partial charge < -0.3 is 19.6 Å². The van der Waals surface area contributed by atoms with E-state index in [1.165, 1.54) is 11.1 Å². The van der Waals surface area contributed by atoms with E-state index in [9.17, 15) is 0 Å². The van der Waals surface area contributed by atoms with Gasteiger partial charge in [-0.05, 0) is 17.7 Å². The molecule has 0 aromatic carbocycles. The number of fused-ring (bicyclic) bond motifs is 8. The Morgan fingerprint density at radius 2 is 0.513 bits per heavy atom. The summed E-state index contributed by atoms with van der Waals surface area (Å²) in [5.74, 6) is 7.41. The minimum Gasteiger partial charge on any atom is -0.314 e. The van der Waals surface area contributed by atoms with Crippen molar-refractivity contribution in [3.8, 4) is 0 Å². The molecule has 18 heteroatoms. The third-order valence-corrected chi connectivity index (χ3v) is 10.3. The minimum absolute atomic E-state index is 0.705. The second-order valence-electron chi connectivity index (χ2n) is 14.0. The second kappa shape index (κ2) is 37.7. The van der Waals surface area contributed by atoms with Gasteiger partial charge in [0.05, 0.1) is 17.1 Å². The predicted octanol–water partition coefficient (Wildman–Crippen LogP) is 13.2. The molecule has 0 spiro atoms. The smallest absolute Gasteiger partial charge is 0.156 e. The number of hydrogen-bond donors (Lipinski definition) is 0. The number of anilines is 8. The van der Waals surface area contributed by atoms with Gasteiger partial charge in [-0.15, -0.1) is 0 Å². The quantitative estimate of drug-likeness (QED) is 0.139. The minimum atomic E-state index is 0.705. The van der Waals surface area contributed by atoms with Gasteiger partial charge in [0, 0.05) is 144 Å². The summed E-state index contributed by atoms with van der Waals surface area (Å²) in [7, 11) is 7.84. The van der Waals surface area contributed by atoms with Crippen LogP contribution in [-0.4, -0.2) is 98.0 Å². The van der Waals surface area contributed by atoms with E-state index in [1.54, 1.807) is 62.4 Å². The molecule has 0 fully saturated rings. The van der Waals surface area contributed by atoms with Crippen molar-refractivity contribution in [1.29, 1.82) is 0 Å². The third kappa shape index (κ3) is 17.0. The molecule has 408 valence electrons. The molecule has 4 aliphatic heterocycles. The van der Waals surface area contributed by atoms with Crippen LogP contribution in [-0.2, 0) is 25.7 Å². The highest BCUT2D eigenvalue weighted by Gasteiger charge is 2.25. The van der Waals surface area contributed by atoms with Crippen LogP contribution in [0, 0.1) is 0 Å². The summed E-state index contributed by atoms with van der Waals surface area (Å²) in [4.78, 5) is 67.3. The number of aromatic nitrogens is 14. The lowest BCUT2D eigenvalue weighted by Crippen LogP contribution is -2.22. The van der Waals surface area contributed by atoms with Crippen LogP contribution in [0.3, 0.4) is 0 Å². The van der Waals surface area contributed by atoms with Gasteiger partial charge in [-0.3, -0.25) is 15.0 Å². The monoisotopic (exact) mass is 1030 g/mol. The van der Waals surface area contributed by atoms with E-state index in [4.69, 9.17) is 0 Å². The lowest BCUT2D eigenvalue weighted by molar-refractivity contribution is 0.885. The summed E-state index contributed by atoms with van der Waals surface area (Å²) in [6, 6.07) is 8.08. The number of pyridine rings is 2. The molecule has 76 heavy (non-hydrogen) atoms. The molecule has 0 saturated heterocycles. The molecule has 0 unspecified atom stereocenters. The van der Waals surface area contributed by atoms with Crippen LogP contribution < -0.4 is 19.6 Å². The molecule has 0 saturated carbocycles. The molecule has 8 aromatic rings. The molecular formula is C58H86N18. The third-order valence-electron chi connectivity index (χ3n) is 10.3. The predicted molar refractivity (Wildman–Crippen MR) is 315 cm³/mol. The summed E-state index contributed by atoms with van der Waals surface area (Å²) in [5, 5.41) is 0. The van der Waals surface area contributed by atoms with Gasteiger partial charge in [-0.1, -0.05) is 123 Å². The fraction of sp³-hybridized carbons (Fsp3) is 0.414. The van der Waals surface area contributed by atoms with Gasteiger partial charge in [-0.25, -0.2) is 54.8 Å². The topological polar surface area (TPSA) is 193 Å². The second-order valence-corrected chi connectivity index (χ2v) is 14.0. The largest absolute Gasteiger partial charge is 0.314 e. The summed E-state index contributed by atoms with van der Waals surface area (Å²) in [6.45, 7) is 32.0. The Bertz CT molecular complexity index is 2250. The summed E-state index contributed by atoms with van der Waals surface area (Å²) in [6.07, 6.45) is 27.3. The number of nitrogens with zero attached hydrogens (tertiary/aromatic N) is 18. The van der Waals surface area contributed by atoms with Gasteiger partial charge in [-0.2, -0.15) is 0 Å². The Morgan fingerprint density at radius 3 is 0.868 bits per heavy atom. The summed E-state index contributed by atoms with van der Waals surface area (Å²) >= 11 is 0. The molecule has 8 aromatic heterocycles. The SMILES string of the molecule is CC.CC.CC.CC.CC.CC.CC.CC.CN1c2ncccc2Cc2cncnc21.CN1c2ncccc2Cc2nccnc21.CN1c2nccnc2Cc2nccnc21.CN1c2ncncc2Cc2cncnc21. The standard InChI is InChI=1S/2C11H10N4.2C10H9N5.8C2H6/c1-15-10-8(3-2-4-13-10)5-9-6-12-7-14-11(9)15;1-15-10-8(3-2-4-13-10)7-9-11(15)14-6-5-12-9;1-15-9-7(3-11-5-13-9)2-8-4-12-6-14-10(8)15;1-15-9-7(11-2-4-13-9)6-8-10(15)14-5-3-12-8;8*1-2/h2-4,6-7H,5H2,1H3;2-6H,7H2,1H3;3-6H,2H2,1H3;2-5H,6H2,1H3;8*1-2H3. The van der Waals surface area contributed by atoms with E-state index in [1.807, 2.05) is 195 Å². The molecule has 0 radical (unpaired) electrons. The van der Waals surface area contributed by atoms with E-state index in [2.05, 4.69) is 81.9 Å². The van der Waals surface area contributed by atoms with Gasteiger partial charge in [0.15, 0.2) is 17.5 Å². The normalized spacial score (nSPS) is 11.1. The van der Waals surface area contributed by atoms with Crippen molar-refractivity contribution in [2.45, 2.75) is 136 Å². The van der Waals surface area contributed by atoms with Gasteiger partial charge in [0.25, 0.3) is 0 Å². The fourth-order valence-corrected chi connectivity index (χ4v) is 7.52. The highest BCUT2D eigenvalue weighted by atomic mass is 15.3. The lowest BCUT2D eigenvalue weighted by Gasteiger charge is -2.26. The lowest BCUT2D eigenvalue weighted by atomic mass is 10.0. The van der Waals surface area contributed by atoms with Crippen LogP contribution in [0.4, 0.5) is 46.5 Å². The Balaban J connectivity index is 0.000000465. The van der Waals surface area contributed by atoms with E-state index < -0.39 is 0 Å². The van der Waals surface area contributed by atoms with Crippen LogP contribution in [0.2, 0.25) is 0 Å². The maximum Gasteiger partial charge on any atom is 0.156 e. The van der Waals surface area contributed by atoms with Crippen molar-refractivity contribution in [1.82, 2.24) is 69.8 Å². The molecule has 0 N–H and O–H groups in total. The van der Waals surface area contributed by atoms with Gasteiger partial charge in [0.1, 0.15) is 48.1 Å². The van der Waals surface area contributed by atoms with Crippen molar-refractivity contribution in [2.75, 3.05) is 47.8 Å². The molecule has 0 aliphatic carbocycles. The van der Waals surface area contributed by atoms with Crippen molar-refractivity contribution in [3.05, 3.63) is 156 Å². The van der Waals surface area contributed by atoms with Gasteiger partial charge >= 0.3 is 0 Å². The summed E-state index contributed by atoms with van der Waals surface area (Å²) < 4.78 is 0. The zero-order valence-electron chi connectivity index (χ0n) is 49.3. The van der Waals surface area contributed by atoms with Crippen LogP contribution in [0.25, 0.3) is 0 Å². The highest BCUT2D eigenvalue weighted by molar-refractivity contribution is 5.69. The average molecular weight is 1040 g/mol. The van der Waals surface area contributed by atoms with E-state index in [0.29, 0.717) is 6.42 Å². The van der Waals surface area contributed by atoms with Crippen molar-refractivity contribution in [3.63, 3.8) is 0 Å². The maximum absolute atomic E-state index is 4.36. The van der Waals surface area contributed by atoms with Crippen molar-refractivity contribution >= 4 is 46.5 Å². The molecule has 0 amide bonds. The Kier molecular flexibility index (Phi) is 32.7. The first-order valence-electron chi connectivity index (χ1n) is 27.0. The molecule has 18 nitrogen and oxygen atoms in total. The van der Waals surface area contributed by atoms with Crippen LogP contribution >= 0.6 is 0 Å². The Hall–Kier alpha value is -8.02. The van der Waals surface area contributed by atoms with E-state index >= 15 is 0 Å². The Labute approximate surface area is 455 Å². The average Bonchev–Trinajstić information content (AvgIpc) is 3.52. The molecule has 0 atom stereocenters. The maximum atomic E-state index is 4.36. The van der Waals surface area contributed by atoms with Crippen LogP contribution in [0.1, 0.15) is 156 Å². The van der Waals surface area contributed by atoms with Crippen molar-refractivity contribution < 1.29 is 0 Å². The number of rotatable bonds is 0. The zero-order chi connectivity index (χ0) is 57.0. The molecule has 4 aliphatic rings. The van der Waals surface area contributed by atoms with Gasteiger partial charge in [0.2, 0.25) is 0 Å². The van der Waals surface area contributed by atoms with E-state index in [-0.39, 0.29) is 0 Å². The highest BCUT2D eigenvalue weighted by Crippen LogP contribution is 2.35. The first-order chi connectivity index (χ1) is 37.4. The molecular weight excluding hydrogens is 949 g/mol. The van der Waals surface area contributed by atoms with Crippen LogP contribution in [0.5, 0.6) is 0 Å². The Morgan fingerprint density at radius 1 is 0.263 bits per heavy atom. The molecule has 12 rings (SSSR count). The van der Waals surface area contributed by atoms with Crippen LogP contribution in [0.15, 0.2) is 111 Å². The van der Waals surface area contributed by atoms with E-state index in [0.717, 1.165) is 99.6 Å². The molecule has 0 bridgehead atoms. The number of hydrogen-bond acceptors (Lipinski definition) is 18. The first-order valence-corrected chi connectivity index (χ1v) is 27.0.